The van der Waals surface area contributed by atoms with Crippen LogP contribution < -0.4 is 10.0 Å². The maximum absolute atomic E-state index is 13.0. The molecule has 148 valence electrons. The van der Waals surface area contributed by atoms with Crippen molar-refractivity contribution in [2.75, 3.05) is 10.0 Å². The van der Waals surface area contributed by atoms with Crippen molar-refractivity contribution >= 4 is 27.5 Å². The molecule has 0 aliphatic heterocycles. The van der Waals surface area contributed by atoms with Gasteiger partial charge in [0.15, 0.2) is 0 Å². The highest BCUT2D eigenvalue weighted by molar-refractivity contribution is 7.92. The van der Waals surface area contributed by atoms with Crippen LogP contribution in [0.5, 0.6) is 0 Å². The van der Waals surface area contributed by atoms with E-state index in [0.717, 1.165) is 0 Å². The minimum absolute atomic E-state index is 0.0618. The minimum Gasteiger partial charge on any atom is -0.337 e. The van der Waals surface area contributed by atoms with Crippen molar-refractivity contribution in [1.29, 1.82) is 5.26 Å². The van der Waals surface area contributed by atoms with Gasteiger partial charge in [0.25, 0.3) is 10.0 Å². The highest BCUT2D eigenvalue weighted by Gasteiger charge is 2.22. The normalized spacial score (nSPS) is 11.0. The molecule has 9 heteroatoms. The lowest BCUT2D eigenvalue weighted by Crippen LogP contribution is -2.14. The number of sulfonamides is 1. The summed E-state index contributed by atoms with van der Waals surface area (Å²) in [6.45, 7) is 4.72. The first-order valence-electron chi connectivity index (χ1n) is 8.59. The van der Waals surface area contributed by atoms with Crippen molar-refractivity contribution in [3.8, 4) is 17.2 Å². The van der Waals surface area contributed by atoms with Crippen LogP contribution in [0.2, 0.25) is 0 Å². The van der Waals surface area contributed by atoms with E-state index in [9.17, 15) is 13.2 Å². The fraction of sp³-hybridized carbons (Fsp3) is 0.150. The van der Waals surface area contributed by atoms with Gasteiger partial charge < -0.3 is 4.52 Å². The standard InChI is InChI=1S/C20H18N4O4S/c1-12-7-8-16(19-13(2)23-28-20(19)22-14(3)25)10-18(12)29(26,27)24-17-6-4-5-15(9-17)11-21/h4-10,24H,1-3H3,(H,22,25). The van der Waals surface area contributed by atoms with Gasteiger partial charge in [-0.3, -0.25) is 14.8 Å². The lowest BCUT2D eigenvalue weighted by Gasteiger charge is -2.12. The number of nitrogens with one attached hydrogen (secondary N) is 2. The van der Waals surface area contributed by atoms with Crippen LogP contribution in [0.1, 0.15) is 23.7 Å². The Kier molecular flexibility index (Phi) is 5.39. The molecule has 0 aliphatic carbocycles. The molecule has 0 saturated carbocycles. The van der Waals surface area contributed by atoms with Gasteiger partial charge in [-0.05, 0) is 49.2 Å². The molecule has 1 aromatic heterocycles. The smallest absolute Gasteiger partial charge is 0.262 e. The number of hydrogen-bond acceptors (Lipinski definition) is 6. The summed E-state index contributed by atoms with van der Waals surface area (Å²) in [4.78, 5) is 11.5. The van der Waals surface area contributed by atoms with E-state index < -0.39 is 10.0 Å². The fourth-order valence-electron chi connectivity index (χ4n) is 2.86. The molecule has 0 aliphatic rings. The molecule has 3 aromatic rings. The zero-order valence-corrected chi connectivity index (χ0v) is 16.8. The minimum atomic E-state index is -3.93. The van der Waals surface area contributed by atoms with Gasteiger partial charge in [-0.1, -0.05) is 23.4 Å². The molecule has 0 unspecified atom stereocenters. The fourth-order valence-corrected chi connectivity index (χ4v) is 4.18. The summed E-state index contributed by atoms with van der Waals surface area (Å²) in [5.74, 6) is -0.182. The number of nitriles is 1. The maximum atomic E-state index is 13.0. The van der Waals surface area contributed by atoms with Gasteiger partial charge in [0.1, 0.15) is 0 Å². The number of aryl methyl sites for hydroxylation is 2. The van der Waals surface area contributed by atoms with E-state index in [-0.39, 0.29) is 22.4 Å². The molecule has 2 aromatic carbocycles. The first-order chi connectivity index (χ1) is 13.7. The predicted molar refractivity (Wildman–Crippen MR) is 108 cm³/mol. The molecule has 0 fully saturated rings. The monoisotopic (exact) mass is 410 g/mol. The van der Waals surface area contributed by atoms with Crippen molar-refractivity contribution in [2.45, 2.75) is 25.7 Å². The SMILES string of the molecule is CC(=O)Nc1onc(C)c1-c1ccc(C)c(S(=O)(=O)Nc2cccc(C#N)c2)c1. The van der Waals surface area contributed by atoms with E-state index in [0.29, 0.717) is 27.9 Å². The molecule has 0 saturated heterocycles. The quantitative estimate of drug-likeness (QED) is 0.662. The van der Waals surface area contributed by atoms with Gasteiger partial charge in [0.05, 0.1) is 33.5 Å². The Balaban J connectivity index is 2.05. The van der Waals surface area contributed by atoms with Crippen LogP contribution in [0.25, 0.3) is 11.1 Å². The van der Waals surface area contributed by atoms with E-state index in [4.69, 9.17) is 9.78 Å². The van der Waals surface area contributed by atoms with Gasteiger partial charge in [-0.25, -0.2) is 8.42 Å². The summed E-state index contributed by atoms with van der Waals surface area (Å²) in [6, 6.07) is 13.1. The Hall–Kier alpha value is -3.64. The Labute approximate surface area is 168 Å². The number of carbonyl (C=O) groups excluding carboxylic acids is 1. The topological polar surface area (TPSA) is 125 Å². The average Bonchev–Trinajstić information content (AvgIpc) is 3.01. The number of carbonyl (C=O) groups is 1. The van der Waals surface area contributed by atoms with Gasteiger partial charge in [0.2, 0.25) is 11.8 Å². The zero-order chi connectivity index (χ0) is 21.2. The Morgan fingerprint density at radius 1 is 1.17 bits per heavy atom. The molecule has 0 bridgehead atoms. The van der Waals surface area contributed by atoms with E-state index in [1.807, 2.05) is 6.07 Å². The number of benzene rings is 2. The summed E-state index contributed by atoms with van der Waals surface area (Å²) in [5, 5.41) is 15.4. The van der Waals surface area contributed by atoms with E-state index >= 15 is 0 Å². The lowest BCUT2D eigenvalue weighted by atomic mass is 10.0. The van der Waals surface area contributed by atoms with Crippen molar-refractivity contribution < 1.29 is 17.7 Å². The summed E-state index contributed by atoms with van der Waals surface area (Å²) < 4.78 is 33.6. The zero-order valence-electron chi connectivity index (χ0n) is 16.0. The molecule has 8 nitrogen and oxygen atoms in total. The van der Waals surface area contributed by atoms with Gasteiger partial charge >= 0.3 is 0 Å². The largest absolute Gasteiger partial charge is 0.337 e. The van der Waals surface area contributed by atoms with Crippen LogP contribution in [-0.4, -0.2) is 19.5 Å². The highest BCUT2D eigenvalue weighted by Crippen LogP contribution is 2.34. The predicted octanol–water partition coefficient (Wildman–Crippen LogP) is 3.59. The van der Waals surface area contributed by atoms with Gasteiger partial charge in [-0.15, -0.1) is 0 Å². The third-order valence-electron chi connectivity index (χ3n) is 4.16. The second kappa shape index (κ2) is 7.77. The number of anilines is 2. The summed E-state index contributed by atoms with van der Waals surface area (Å²) >= 11 is 0. The summed E-state index contributed by atoms with van der Waals surface area (Å²) in [7, 11) is -3.93. The van der Waals surface area contributed by atoms with Crippen molar-refractivity contribution in [3.63, 3.8) is 0 Å². The average molecular weight is 410 g/mol. The second-order valence-electron chi connectivity index (χ2n) is 6.43. The number of aromatic nitrogens is 1. The molecule has 1 heterocycles. The van der Waals surface area contributed by atoms with Crippen LogP contribution in [0, 0.1) is 25.2 Å². The lowest BCUT2D eigenvalue weighted by molar-refractivity contribution is -0.114. The van der Waals surface area contributed by atoms with Crippen LogP contribution in [0.15, 0.2) is 51.9 Å². The van der Waals surface area contributed by atoms with Gasteiger partial charge in [-0.2, -0.15) is 5.26 Å². The molecule has 3 rings (SSSR count). The van der Waals surface area contributed by atoms with E-state index in [1.165, 1.54) is 19.1 Å². The van der Waals surface area contributed by atoms with Crippen LogP contribution in [-0.2, 0) is 14.8 Å². The third-order valence-corrected chi connectivity index (χ3v) is 5.69. The van der Waals surface area contributed by atoms with Crippen LogP contribution in [0.4, 0.5) is 11.6 Å². The van der Waals surface area contributed by atoms with Crippen LogP contribution in [0.3, 0.4) is 0 Å². The maximum Gasteiger partial charge on any atom is 0.262 e. The number of hydrogen-bond donors (Lipinski definition) is 2. The summed E-state index contributed by atoms with van der Waals surface area (Å²) in [6.07, 6.45) is 0. The molecule has 2 N–H and O–H groups in total. The number of rotatable bonds is 5. The molecule has 0 atom stereocenters. The first-order valence-corrected chi connectivity index (χ1v) is 10.1. The molecule has 0 spiro atoms. The molecule has 29 heavy (non-hydrogen) atoms. The molecular formula is C20H18N4O4S. The third kappa shape index (κ3) is 4.28. The van der Waals surface area contributed by atoms with Crippen molar-refractivity contribution in [1.82, 2.24) is 5.16 Å². The molecular weight excluding hydrogens is 392 g/mol. The summed E-state index contributed by atoms with van der Waals surface area (Å²) in [5.41, 5.74) is 2.71. The highest BCUT2D eigenvalue weighted by atomic mass is 32.2. The number of nitrogens with zero attached hydrogens (tertiary/aromatic N) is 2. The Bertz CT molecular complexity index is 1240. The first kappa shape index (κ1) is 20.1. The molecule has 1 amide bonds. The van der Waals surface area contributed by atoms with E-state index in [1.54, 1.807) is 44.2 Å². The number of amides is 1. The second-order valence-corrected chi connectivity index (χ2v) is 8.08. The van der Waals surface area contributed by atoms with Gasteiger partial charge in [0, 0.05) is 6.92 Å². The molecule has 0 radical (unpaired) electrons. The van der Waals surface area contributed by atoms with Crippen molar-refractivity contribution in [2.24, 2.45) is 0 Å². The van der Waals surface area contributed by atoms with Crippen LogP contribution >= 0.6 is 0 Å². The van der Waals surface area contributed by atoms with Crippen molar-refractivity contribution in [3.05, 3.63) is 59.3 Å². The Morgan fingerprint density at radius 2 is 1.93 bits per heavy atom. The van der Waals surface area contributed by atoms with E-state index in [2.05, 4.69) is 15.2 Å². The Morgan fingerprint density at radius 3 is 2.62 bits per heavy atom.